The third kappa shape index (κ3) is 3.95. The molecule has 0 spiro atoms. The van der Waals surface area contributed by atoms with Crippen molar-refractivity contribution in [1.82, 2.24) is 0 Å². The van der Waals surface area contributed by atoms with Gasteiger partial charge in [0, 0.05) is 17.7 Å². The van der Waals surface area contributed by atoms with Crippen molar-refractivity contribution in [2.75, 3.05) is 5.73 Å². The monoisotopic (exact) mass is 267 g/mol. The predicted octanol–water partition coefficient (Wildman–Crippen LogP) is 3.89. The molecule has 2 aromatic carbocycles. The van der Waals surface area contributed by atoms with Crippen LogP contribution in [-0.4, -0.2) is 5.78 Å². The molecule has 0 aromatic heterocycles. The largest absolute Gasteiger partial charge is 0.399 e. The van der Waals surface area contributed by atoms with Crippen LogP contribution in [-0.2, 0) is 12.8 Å². The Morgan fingerprint density at radius 1 is 1.05 bits per heavy atom. The number of carbonyl (C=O) groups excluding carboxylic acids is 1. The first-order valence-corrected chi connectivity index (χ1v) is 7.01. The standard InChI is InChI=1S/C18H21NO/c1-13(2)10-15-4-3-5-16(11-15)18(20)12-14-6-8-17(19)9-7-14/h3-9,11,13H,10,12,19H2,1-2H3. The van der Waals surface area contributed by atoms with Gasteiger partial charge in [-0.1, -0.05) is 44.2 Å². The number of anilines is 1. The van der Waals surface area contributed by atoms with E-state index in [2.05, 4.69) is 19.9 Å². The summed E-state index contributed by atoms with van der Waals surface area (Å²) in [5.41, 5.74) is 9.39. The molecule has 0 heterocycles. The lowest BCUT2D eigenvalue weighted by molar-refractivity contribution is 0.0993. The van der Waals surface area contributed by atoms with E-state index in [0.29, 0.717) is 12.3 Å². The van der Waals surface area contributed by atoms with Crippen molar-refractivity contribution in [2.45, 2.75) is 26.7 Å². The van der Waals surface area contributed by atoms with Gasteiger partial charge in [-0.3, -0.25) is 4.79 Å². The number of hydrogen-bond acceptors (Lipinski definition) is 2. The molecule has 0 aliphatic heterocycles. The SMILES string of the molecule is CC(C)Cc1cccc(C(=O)Cc2ccc(N)cc2)c1. The maximum Gasteiger partial charge on any atom is 0.167 e. The first kappa shape index (κ1) is 14.3. The summed E-state index contributed by atoms with van der Waals surface area (Å²) < 4.78 is 0. The Bertz CT molecular complexity index is 585. The van der Waals surface area contributed by atoms with Crippen molar-refractivity contribution in [3.05, 3.63) is 65.2 Å². The van der Waals surface area contributed by atoms with Crippen LogP contribution >= 0.6 is 0 Å². The maximum atomic E-state index is 12.3. The Morgan fingerprint density at radius 3 is 2.40 bits per heavy atom. The van der Waals surface area contributed by atoms with Crippen LogP contribution < -0.4 is 5.73 Å². The van der Waals surface area contributed by atoms with Gasteiger partial charge in [0.25, 0.3) is 0 Å². The van der Waals surface area contributed by atoms with Crippen LogP contribution in [0.5, 0.6) is 0 Å². The lowest BCUT2D eigenvalue weighted by Gasteiger charge is -2.07. The van der Waals surface area contributed by atoms with Crippen LogP contribution in [0.15, 0.2) is 48.5 Å². The normalized spacial score (nSPS) is 10.8. The highest BCUT2D eigenvalue weighted by atomic mass is 16.1. The molecular formula is C18H21NO. The van der Waals surface area contributed by atoms with Gasteiger partial charge in [-0.15, -0.1) is 0 Å². The Balaban J connectivity index is 2.10. The maximum absolute atomic E-state index is 12.3. The second kappa shape index (κ2) is 6.38. The fourth-order valence-corrected chi connectivity index (χ4v) is 2.27. The first-order chi connectivity index (χ1) is 9.54. The van der Waals surface area contributed by atoms with Gasteiger partial charge in [0.2, 0.25) is 0 Å². The van der Waals surface area contributed by atoms with Crippen LogP contribution in [0, 0.1) is 5.92 Å². The fourth-order valence-electron chi connectivity index (χ4n) is 2.27. The molecule has 0 radical (unpaired) electrons. The minimum absolute atomic E-state index is 0.153. The highest BCUT2D eigenvalue weighted by Gasteiger charge is 2.08. The van der Waals surface area contributed by atoms with Crippen molar-refractivity contribution < 1.29 is 4.79 Å². The fraction of sp³-hybridized carbons (Fsp3) is 0.278. The van der Waals surface area contributed by atoms with Gasteiger partial charge in [0.05, 0.1) is 0 Å². The summed E-state index contributed by atoms with van der Waals surface area (Å²) in [7, 11) is 0. The molecule has 0 aliphatic carbocycles. The lowest BCUT2D eigenvalue weighted by Crippen LogP contribution is -2.05. The number of carbonyl (C=O) groups is 1. The van der Waals surface area contributed by atoms with Crippen LogP contribution in [0.25, 0.3) is 0 Å². The van der Waals surface area contributed by atoms with Gasteiger partial charge in [-0.2, -0.15) is 0 Å². The number of nitrogen functional groups attached to an aromatic ring is 1. The van der Waals surface area contributed by atoms with E-state index < -0.39 is 0 Å². The second-order valence-electron chi connectivity index (χ2n) is 5.64. The molecule has 20 heavy (non-hydrogen) atoms. The van der Waals surface area contributed by atoms with Gasteiger partial charge < -0.3 is 5.73 Å². The minimum Gasteiger partial charge on any atom is -0.399 e. The lowest BCUT2D eigenvalue weighted by atomic mass is 9.97. The molecule has 0 saturated carbocycles. The van der Waals surface area contributed by atoms with E-state index in [-0.39, 0.29) is 5.78 Å². The molecule has 0 amide bonds. The zero-order chi connectivity index (χ0) is 14.5. The zero-order valence-electron chi connectivity index (χ0n) is 12.1. The van der Waals surface area contributed by atoms with E-state index in [0.717, 1.165) is 23.2 Å². The summed E-state index contributed by atoms with van der Waals surface area (Å²) >= 11 is 0. The topological polar surface area (TPSA) is 43.1 Å². The van der Waals surface area contributed by atoms with Crippen LogP contribution in [0.4, 0.5) is 5.69 Å². The number of Topliss-reactive ketones (excluding diaryl/α,β-unsaturated/α-hetero) is 1. The van der Waals surface area contributed by atoms with Crippen molar-refractivity contribution in [1.29, 1.82) is 0 Å². The van der Waals surface area contributed by atoms with Crippen LogP contribution in [0.3, 0.4) is 0 Å². The van der Waals surface area contributed by atoms with Gasteiger partial charge in [0.15, 0.2) is 5.78 Å². The summed E-state index contributed by atoms with van der Waals surface area (Å²) in [6.45, 7) is 4.37. The molecule has 0 saturated heterocycles. The zero-order valence-corrected chi connectivity index (χ0v) is 12.1. The van der Waals surface area contributed by atoms with Gasteiger partial charge >= 0.3 is 0 Å². The Hall–Kier alpha value is -2.09. The quantitative estimate of drug-likeness (QED) is 0.659. The van der Waals surface area contributed by atoms with E-state index in [1.807, 2.05) is 42.5 Å². The molecule has 104 valence electrons. The summed E-state index contributed by atoms with van der Waals surface area (Å²) in [6, 6.07) is 15.4. The summed E-state index contributed by atoms with van der Waals surface area (Å²) in [6.07, 6.45) is 1.43. The van der Waals surface area contributed by atoms with E-state index in [1.165, 1.54) is 5.56 Å². The molecular weight excluding hydrogens is 246 g/mol. The Kier molecular flexibility index (Phi) is 4.57. The van der Waals surface area contributed by atoms with E-state index in [4.69, 9.17) is 5.73 Å². The third-order valence-corrected chi connectivity index (χ3v) is 3.24. The number of ketones is 1. The van der Waals surface area contributed by atoms with E-state index in [1.54, 1.807) is 0 Å². The third-order valence-electron chi connectivity index (χ3n) is 3.24. The molecule has 0 fully saturated rings. The van der Waals surface area contributed by atoms with Gasteiger partial charge in [-0.25, -0.2) is 0 Å². The number of hydrogen-bond donors (Lipinski definition) is 1. The Morgan fingerprint density at radius 2 is 1.75 bits per heavy atom. The molecule has 2 rings (SSSR count). The predicted molar refractivity (Wildman–Crippen MR) is 83.9 cm³/mol. The highest BCUT2D eigenvalue weighted by Crippen LogP contribution is 2.14. The molecule has 2 aromatic rings. The highest BCUT2D eigenvalue weighted by molar-refractivity contribution is 5.97. The molecule has 0 unspecified atom stereocenters. The van der Waals surface area contributed by atoms with E-state index >= 15 is 0 Å². The molecule has 0 atom stereocenters. The molecule has 2 nitrogen and oxygen atoms in total. The van der Waals surface area contributed by atoms with Crippen molar-refractivity contribution >= 4 is 11.5 Å². The van der Waals surface area contributed by atoms with Crippen molar-refractivity contribution in [3.63, 3.8) is 0 Å². The number of benzene rings is 2. The summed E-state index contributed by atoms with van der Waals surface area (Å²) in [5, 5.41) is 0. The van der Waals surface area contributed by atoms with Crippen molar-refractivity contribution in [2.24, 2.45) is 5.92 Å². The van der Waals surface area contributed by atoms with E-state index in [9.17, 15) is 4.79 Å². The number of rotatable bonds is 5. The van der Waals surface area contributed by atoms with Crippen molar-refractivity contribution in [3.8, 4) is 0 Å². The minimum atomic E-state index is 0.153. The molecule has 2 N–H and O–H groups in total. The summed E-state index contributed by atoms with van der Waals surface area (Å²) in [5.74, 6) is 0.748. The number of nitrogens with two attached hydrogens (primary N) is 1. The molecule has 2 heteroatoms. The smallest absolute Gasteiger partial charge is 0.167 e. The van der Waals surface area contributed by atoms with Gasteiger partial charge in [-0.05, 0) is 41.7 Å². The second-order valence-corrected chi connectivity index (χ2v) is 5.64. The molecule has 0 aliphatic rings. The summed E-state index contributed by atoms with van der Waals surface area (Å²) in [4.78, 5) is 12.3. The first-order valence-electron chi connectivity index (χ1n) is 7.01. The Labute approximate surface area is 120 Å². The average Bonchev–Trinajstić information content (AvgIpc) is 2.41. The van der Waals surface area contributed by atoms with Crippen LogP contribution in [0.1, 0.15) is 35.3 Å². The average molecular weight is 267 g/mol. The van der Waals surface area contributed by atoms with Gasteiger partial charge in [0.1, 0.15) is 0 Å². The van der Waals surface area contributed by atoms with Crippen LogP contribution in [0.2, 0.25) is 0 Å². The molecule has 0 bridgehead atoms.